The highest BCUT2D eigenvalue weighted by molar-refractivity contribution is 6.14. The van der Waals surface area contributed by atoms with Crippen molar-refractivity contribution in [1.82, 2.24) is 4.42 Å². The lowest BCUT2D eigenvalue weighted by molar-refractivity contribution is 0.407. The van der Waals surface area contributed by atoms with Crippen molar-refractivity contribution in [2.45, 2.75) is 46.1 Å². The van der Waals surface area contributed by atoms with E-state index in [2.05, 4.69) is 32.9 Å². The number of nitrogens with zero attached hydrogens (tertiary/aromatic N) is 1. The van der Waals surface area contributed by atoms with Gasteiger partial charge in [-0.15, -0.1) is 0 Å². The number of unbranched alkanes of at least 4 members (excludes halogenated alkanes) is 1. The van der Waals surface area contributed by atoms with Gasteiger partial charge in [0.25, 0.3) is 0 Å². The normalized spacial score (nSPS) is 22.8. The third-order valence-corrected chi connectivity index (χ3v) is 3.06. The summed E-state index contributed by atoms with van der Waals surface area (Å²) in [6, 6.07) is 0.409. The van der Waals surface area contributed by atoms with Crippen LogP contribution in [0.2, 0.25) is 0 Å². The monoisotopic (exact) mass is 199 g/mol. The second-order valence-corrected chi connectivity index (χ2v) is 4.05. The first-order chi connectivity index (χ1) is 6.16. The van der Waals surface area contributed by atoms with Crippen LogP contribution in [-0.4, -0.2) is 10.5 Å². The van der Waals surface area contributed by atoms with Crippen molar-refractivity contribution < 1.29 is 0 Å². The van der Waals surface area contributed by atoms with Crippen LogP contribution in [0.25, 0.3) is 0 Å². The molecule has 0 aromatic heterocycles. The third kappa shape index (κ3) is 2.50. The topological polar surface area (TPSA) is 3.24 Å². The Labute approximate surface area is 86.2 Å². The van der Waals surface area contributed by atoms with E-state index < -0.39 is 0 Å². The minimum Gasteiger partial charge on any atom is -0.283 e. The van der Waals surface area contributed by atoms with E-state index in [1.54, 1.807) is 0 Å². The molecule has 0 saturated carbocycles. The number of hydrogen-bond donors (Lipinski definition) is 0. The molecule has 0 aromatic carbocycles. The van der Waals surface area contributed by atoms with Crippen LogP contribution in [0.1, 0.15) is 40.0 Å². The van der Waals surface area contributed by atoms with Crippen molar-refractivity contribution >= 4 is 11.8 Å². The summed E-state index contributed by atoms with van der Waals surface area (Å²) < 4.78 is 1.87. The summed E-state index contributed by atoms with van der Waals surface area (Å²) in [5.74, 6) is 0. The largest absolute Gasteiger partial charge is 0.283 e. The zero-order valence-electron chi connectivity index (χ0n) is 8.68. The van der Waals surface area contributed by atoms with Gasteiger partial charge in [0.05, 0.1) is 6.04 Å². The molecule has 0 amide bonds. The highest BCUT2D eigenvalue weighted by Crippen LogP contribution is 2.26. The molecule has 0 radical (unpaired) electrons. The maximum absolute atomic E-state index is 6.19. The summed E-state index contributed by atoms with van der Waals surface area (Å²) in [5, 5.41) is 0. The Morgan fingerprint density at radius 1 is 1.38 bits per heavy atom. The van der Waals surface area contributed by atoms with Crippen molar-refractivity contribution in [3.05, 3.63) is 23.4 Å². The van der Waals surface area contributed by atoms with E-state index in [1.165, 1.54) is 18.4 Å². The van der Waals surface area contributed by atoms with Gasteiger partial charge in [-0.3, -0.25) is 4.42 Å². The van der Waals surface area contributed by atoms with E-state index in [-0.39, 0.29) is 0 Å². The average molecular weight is 200 g/mol. The second kappa shape index (κ2) is 4.71. The summed E-state index contributed by atoms with van der Waals surface area (Å²) in [6.45, 7) is 6.41. The Balaban J connectivity index is 2.63. The molecule has 0 spiro atoms. The molecule has 0 fully saturated rings. The molecular weight excluding hydrogens is 182 g/mol. The lowest BCUT2D eigenvalue weighted by Gasteiger charge is -2.31. The molecule has 1 rings (SSSR count). The summed E-state index contributed by atoms with van der Waals surface area (Å²) in [7, 11) is 0. The van der Waals surface area contributed by atoms with Crippen LogP contribution in [0.15, 0.2) is 23.4 Å². The van der Waals surface area contributed by atoms with Gasteiger partial charge in [0.15, 0.2) is 0 Å². The maximum Gasteiger partial charge on any atom is 0.0665 e. The van der Waals surface area contributed by atoms with Gasteiger partial charge in [0.1, 0.15) is 0 Å². The molecule has 1 nitrogen and oxygen atoms in total. The summed E-state index contributed by atoms with van der Waals surface area (Å²) in [5.41, 5.74) is 2.52. The first kappa shape index (κ1) is 10.6. The third-order valence-electron chi connectivity index (χ3n) is 2.55. The molecule has 1 aliphatic rings. The minimum atomic E-state index is 0.409. The zero-order valence-corrected chi connectivity index (χ0v) is 9.43. The molecule has 1 aliphatic heterocycles. The van der Waals surface area contributed by atoms with Gasteiger partial charge in [-0.05, 0) is 31.9 Å². The molecule has 0 aliphatic carbocycles. The zero-order chi connectivity index (χ0) is 9.84. The van der Waals surface area contributed by atoms with Crippen LogP contribution in [0, 0.1) is 0 Å². The van der Waals surface area contributed by atoms with Crippen LogP contribution in [0.5, 0.6) is 0 Å². The first-order valence-electron chi connectivity index (χ1n) is 4.97. The molecule has 0 N–H and O–H groups in total. The molecule has 0 aromatic rings. The van der Waals surface area contributed by atoms with E-state index in [4.69, 9.17) is 11.8 Å². The van der Waals surface area contributed by atoms with Crippen molar-refractivity contribution in [1.29, 1.82) is 0 Å². The second-order valence-electron chi connectivity index (χ2n) is 3.69. The van der Waals surface area contributed by atoms with Gasteiger partial charge in [0, 0.05) is 17.5 Å². The lowest BCUT2D eigenvalue weighted by Crippen LogP contribution is -2.28. The average Bonchev–Trinajstić information content (AvgIpc) is 2.12. The summed E-state index contributed by atoms with van der Waals surface area (Å²) >= 11 is 6.19. The quantitative estimate of drug-likeness (QED) is 0.624. The molecule has 0 bridgehead atoms. The highest BCUT2D eigenvalue weighted by Gasteiger charge is 2.20. The predicted octanol–water partition coefficient (Wildman–Crippen LogP) is 3.86. The molecule has 1 heterocycles. The van der Waals surface area contributed by atoms with E-state index >= 15 is 0 Å². The molecule has 13 heavy (non-hydrogen) atoms. The Bertz CT molecular complexity index is 230. The molecule has 74 valence electrons. The van der Waals surface area contributed by atoms with Crippen molar-refractivity contribution in [2.75, 3.05) is 0 Å². The fraction of sp³-hybridized carbons (Fsp3) is 0.636. The molecule has 1 atom stereocenters. The van der Waals surface area contributed by atoms with Crippen LogP contribution < -0.4 is 0 Å². The van der Waals surface area contributed by atoms with Crippen LogP contribution >= 0.6 is 11.8 Å². The smallest absolute Gasteiger partial charge is 0.0665 e. The summed E-state index contributed by atoms with van der Waals surface area (Å²) in [6.07, 6.45) is 7.89. The highest BCUT2D eigenvalue weighted by atomic mass is 35.5. The number of rotatable bonds is 3. The van der Waals surface area contributed by atoms with Gasteiger partial charge in [-0.2, -0.15) is 0 Å². The van der Waals surface area contributed by atoms with Crippen molar-refractivity contribution in [3.63, 3.8) is 0 Å². The van der Waals surface area contributed by atoms with Crippen LogP contribution in [0.3, 0.4) is 0 Å². The van der Waals surface area contributed by atoms with Crippen molar-refractivity contribution in [3.8, 4) is 0 Å². The standard InChI is InChI=1S/C11H18ClN/c1-4-5-6-11-9(2)7-8-10(3)13(11)12/h7-8,11H,4-6H2,1-3H3. The predicted molar refractivity (Wildman–Crippen MR) is 58.5 cm³/mol. The Kier molecular flexibility index (Phi) is 3.86. The first-order valence-corrected chi connectivity index (χ1v) is 5.30. The number of allylic oxidation sites excluding steroid dienone is 3. The lowest BCUT2D eigenvalue weighted by atomic mass is 9.99. The summed E-state index contributed by atoms with van der Waals surface area (Å²) in [4.78, 5) is 0. The molecule has 2 heteroatoms. The minimum absolute atomic E-state index is 0.409. The molecule has 1 unspecified atom stereocenters. The van der Waals surface area contributed by atoms with E-state index in [1.807, 2.05) is 4.42 Å². The Morgan fingerprint density at radius 3 is 2.69 bits per heavy atom. The van der Waals surface area contributed by atoms with E-state index in [0.29, 0.717) is 6.04 Å². The van der Waals surface area contributed by atoms with E-state index in [9.17, 15) is 0 Å². The van der Waals surface area contributed by atoms with Gasteiger partial charge < -0.3 is 0 Å². The fourth-order valence-corrected chi connectivity index (χ4v) is 1.91. The SMILES string of the molecule is CCCCC1C(C)=CC=C(C)N1Cl. The van der Waals surface area contributed by atoms with E-state index in [0.717, 1.165) is 12.1 Å². The Hall–Kier alpha value is -0.430. The van der Waals surface area contributed by atoms with Crippen LogP contribution in [-0.2, 0) is 0 Å². The maximum atomic E-state index is 6.19. The Morgan fingerprint density at radius 2 is 2.08 bits per heavy atom. The molecule has 0 saturated heterocycles. The molecular formula is C11H18ClN. The number of halogens is 1. The van der Waals surface area contributed by atoms with Gasteiger partial charge >= 0.3 is 0 Å². The van der Waals surface area contributed by atoms with Gasteiger partial charge in [-0.25, -0.2) is 0 Å². The van der Waals surface area contributed by atoms with Crippen LogP contribution in [0.4, 0.5) is 0 Å². The number of hydrogen-bond acceptors (Lipinski definition) is 1. The van der Waals surface area contributed by atoms with Gasteiger partial charge in [-0.1, -0.05) is 25.8 Å². The van der Waals surface area contributed by atoms with Gasteiger partial charge in [0.2, 0.25) is 0 Å². The van der Waals surface area contributed by atoms with Crippen molar-refractivity contribution in [2.24, 2.45) is 0 Å². The fourth-order valence-electron chi connectivity index (χ4n) is 1.60.